The molecule has 11 heteroatoms. The highest BCUT2D eigenvalue weighted by Gasteiger charge is 2.14. The van der Waals surface area contributed by atoms with Crippen LogP contribution in [-0.2, 0) is 29.6 Å². The predicted molar refractivity (Wildman–Crippen MR) is 176 cm³/mol. The molecule has 0 unspecified atom stereocenters. The Morgan fingerprint density at radius 2 is 0.956 bits per heavy atom. The van der Waals surface area contributed by atoms with Crippen LogP contribution in [0.25, 0.3) is 22.3 Å². The minimum absolute atomic E-state index is 0.0769. The molecule has 4 aromatic carbocycles. The molecule has 0 spiro atoms. The maximum Gasteiger partial charge on any atom is 0.302 e. The van der Waals surface area contributed by atoms with Crippen LogP contribution in [0.5, 0.6) is 0 Å². The molecule has 0 saturated heterocycles. The Morgan fingerprint density at radius 1 is 0.578 bits per heavy atom. The molecule has 0 saturated carbocycles. The SMILES string of the molecule is CC(=O)OCCCCNS(=O)(=O)c1ccc(-c2ccccc2)cc1.O=S(=O)(NCCCCO)c1ccc(-c2ccccc2)cc1. The standard InChI is InChI=1S/C18H21NO4S.C16H19NO3S/c1-15(20)23-14-6-5-13-19-24(21,22)18-11-9-17(10-12-18)16-7-3-2-4-8-16;18-13-5-4-12-17-21(19,20)16-10-8-15(9-11-16)14-6-2-1-3-7-14/h2-4,7-12,19H,5-6,13-14H2,1H3;1-3,6-11,17-18H,4-5,12-13H2. The molecule has 0 atom stereocenters. The number of esters is 1. The van der Waals surface area contributed by atoms with Gasteiger partial charge in [-0.05, 0) is 72.2 Å². The number of hydrogen-bond donors (Lipinski definition) is 3. The van der Waals surface area contributed by atoms with E-state index in [1.807, 2.05) is 60.7 Å². The monoisotopic (exact) mass is 652 g/mol. The van der Waals surface area contributed by atoms with Gasteiger partial charge in [0.25, 0.3) is 0 Å². The van der Waals surface area contributed by atoms with Crippen LogP contribution < -0.4 is 9.44 Å². The molecule has 4 rings (SSSR count). The first-order valence-electron chi connectivity index (χ1n) is 14.7. The Kier molecular flexibility index (Phi) is 14.4. The molecule has 9 nitrogen and oxygen atoms in total. The van der Waals surface area contributed by atoms with E-state index < -0.39 is 20.0 Å². The molecule has 0 bridgehead atoms. The summed E-state index contributed by atoms with van der Waals surface area (Å²) in [7, 11) is -6.99. The molecule has 0 heterocycles. The van der Waals surface area contributed by atoms with Crippen molar-refractivity contribution in [2.24, 2.45) is 0 Å². The van der Waals surface area contributed by atoms with Crippen LogP contribution >= 0.6 is 0 Å². The molecular weight excluding hydrogens is 613 g/mol. The molecule has 0 aliphatic heterocycles. The van der Waals surface area contributed by atoms with E-state index in [1.54, 1.807) is 48.5 Å². The normalized spacial score (nSPS) is 11.3. The quantitative estimate of drug-likeness (QED) is 0.116. The second kappa shape index (κ2) is 18.2. The van der Waals surface area contributed by atoms with Crippen LogP contribution in [0.3, 0.4) is 0 Å². The largest absolute Gasteiger partial charge is 0.466 e. The highest BCUT2D eigenvalue weighted by Crippen LogP contribution is 2.22. The molecule has 240 valence electrons. The van der Waals surface area contributed by atoms with Gasteiger partial charge in [0.05, 0.1) is 16.4 Å². The van der Waals surface area contributed by atoms with E-state index in [1.165, 1.54) is 6.92 Å². The fraction of sp³-hybridized carbons (Fsp3) is 0.265. The highest BCUT2D eigenvalue weighted by atomic mass is 32.2. The van der Waals surface area contributed by atoms with Crippen molar-refractivity contribution >= 4 is 26.0 Å². The third-order valence-electron chi connectivity index (χ3n) is 6.59. The molecule has 0 aliphatic carbocycles. The number of carbonyl (C=O) groups is 1. The first-order valence-corrected chi connectivity index (χ1v) is 17.6. The number of ether oxygens (including phenoxy) is 1. The summed E-state index contributed by atoms with van der Waals surface area (Å²) in [6.45, 7) is 2.38. The van der Waals surface area contributed by atoms with Gasteiger partial charge in [0, 0.05) is 26.6 Å². The number of aliphatic hydroxyl groups excluding tert-OH is 1. The zero-order chi connectivity index (χ0) is 32.5. The second-order valence-electron chi connectivity index (χ2n) is 10.1. The average molecular weight is 653 g/mol. The fourth-order valence-corrected chi connectivity index (χ4v) is 6.32. The lowest BCUT2D eigenvalue weighted by Crippen LogP contribution is -2.25. The number of benzene rings is 4. The maximum absolute atomic E-state index is 12.2. The number of aliphatic hydroxyl groups is 1. The summed E-state index contributed by atoms with van der Waals surface area (Å²) in [5, 5.41) is 8.67. The van der Waals surface area contributed by atoms with E-state index in [4.69, 9.17) is 9.84 Å². The summed E-state index contributed by atoms with van der Waals surface area (Å²) >= 11 is 0. The second-order valence-corrected chi connectivity index (χ2v) is 13.6. The number of carbonyl (C=O) groups excluding carboxylic acids is 1. The number of nitrogens with one attached hydrogen (secondary N) is 2. The Morgan fingerprint density at radius 3 is 1.33 bits per heavy atom. The third kappa shape index (κ3) is 12.2. The average Bonchev–Trinajstić information content (AvgIpc) is 3.06. The van der Waals surface area contributed by atoms with Crippen LogP contribution in [-0.4, -0.2) is 54.2 Å². The summed E-state index contributed by atoms with van der Waals surface area (Å²) in [4.78, 5) is 11.1. The van der Waals surface area contributed by atoms with Crippen molar-refractivity contribution in [3.63, 3.8) is 0 Å². The van der Waals surface area contributed by atoms with Crippen LogP contribution in [0, 0.1) is 0 Å². The van der Waals surface area contributed by atoms with E-state index in [9.17, 15) is 21.6 Å². The minimum atomic E-state index is -3.52. The predicted octanol–water partition coefficient (Wildman–Crippen LogP) is 5.38. The zero-order valence-electron chi connectivity index (χ0n) is 25.3. The minimum Gasteiger partial charge on any atom is -0.466 e. The van der Waals surface area contributed by atoms with Crippen LogP contribution in [0.2, 0.25) is 0 Å². The number of unbranched alkanes of at least 4 members (excludes halogenated alkanes) is 2. The van der Waals surface area contributed by atoms with Crippen molar-refractivity contribution in [1.29, 1.82) is 0 Å². The van der Waals surface area contributed by atoms with Gasteiger partial charge in [-0.3, -0.25) is 4.79 Å². The smallest absolute Gasteiger partial charge is 0.302 e. The Hall–Kier alpha value is -3.87. The van der Waals surface area contributed by atoms with Gasteiger partial charge < -0.3 is 9.84 Å². The first-order chi connectivity index (χ1) is 21.6. The molecule has 0 amide bonds. The number of hydrogen-bond acceptors (Lipinski definition) is 7. The van der Waals surface area contributed by atoms with Gasteiger partial charge in [0.1, 0.15) is 0 Å². The van der Waals surface area contributed by atoms with Crippen molar-refractivity contribution < 1.29 is 31.5 Å². The fourth-order valence-electron chi connectivity index (χ4n) is 4.17. The number of sulfonamides is 2. The van der Waals surface area contributed by atoms with E-state index >= 15 is 0 Å². The Balaban J connectivity index is 0.000000248. The molecule has 45 heavy (non-hydrogen) atoms. The molecule has 0 fully saturated rings. The lowest BCUT2D eigenvalue weighted by molar-refractivity contribution is -0.141. The molecular formula is C34H40N2O7S2. The molecule has 3 N–H and O–H groups in total. The summed E-state index contributed by atoms with van der Waals surface area (Å²) < 4.78 is 58.5. The van der Waals surface area contributed by atoms with Gasteiger partial charge in [-0.1, -0.05) is 84.9 Å². The first kappa shape index (κ1) is 35.6. The molecule has 0 aliphatic rings. The van der Waals surface area contributed by atoms with Crippen molar-refractivity contribution in [2.75, 3.05) is 26.3 Å². The van der Waals surface area contributed by atoms with E-state index in [0.29, 0.717) is 45.4 Å². The highest BCUT2D eigenvalue weighted by molar-refractivity contribution is 7.89. The zero-order valence-corrected chi connectivity index (χ0v) is 26.9. The van der Waals surface area contributed by atoms with Gasteiger partial charge in [0.15, 0.2) is 0 Å². The van der Waals surface area contributed by atoms with Gasteiger partial charge in [-0.15, -0.1) is 0 Å². The van der Waals surface area contributed by atoms with Crippen molar-refractivity contribution in [3.05, 3.63) is 109 Å². The Labute approximate surface area is 266 Å². The van der Waals surface area contributed by atoms with Crippen LogP contribution in [0.15, 0.2) is 119 Å². The van der Waals surface area contributed by atoms with Gasteiger partial charge in [-0.2, -0.15) is 0 Å². The third-order valence-corrected chi connectivity index (χ3v) is 9.54. The summed E-state index contributed by atoms with van der Waals surface area (Å²) in [5.41, 5.74) is 4.04. The number of rotatable bonds is 15. The van der Waals surface area contributed by atoms with Crippen molar-refractivity contribution in [3.8, 4) is 22.3 Å². The van der Waals surface area contributed by atoms with Gasteiger partial charge in [0.2, 0.25) is 20.0 Å². The van der Waals surface area contributed by atoms with Crippen LogP contribution in [0.1, 0.15) is 32.6 Å². The van der Waals surface area contributed by atoms with E-state index in [2.05, 4.69) is 9.44 Å². The van der Waals surface area contributed by atoms with Crippen LogP contribution in [0.4, 0.5) is 0 Å². The summed E-state index contributed by atoms with van der Waals surface area (Å²) in [5.74, 6) is -0.325. The van der Waals surface area contributed by atoms with Gasteiger partial charge >= 0.3 is 5.97 Å². The van der Waals surface area contributed by atoms with Gasteiger partial charge in [-0.25, -0.2) is 26.3 Å². The Bertz CT molecular complexity index is 1660. The topological polar surface area (TPSA) is 139 Å². The van der Waals surface area contributed by atoms with Crippen molar-refractivity contribution in [2.45, 2.75) is 42.4 Å². The summed E-state index contributed by atoms with van der Waals surface area (Å²) in [6, 6.07) is 33.2. The lowest BCUT2D eigenvalue weighted by atomic mass is 10.1. The van der Waals surface area contributed by atoms with Crippen molar-refractivity contribution in [1.82, 2.24) is 9.44 Å². The lowest BCUT2D eigenvalue weighted by Gasteiger charge is -2.08. The molecule has 0 radical (unpaired) electrons. The van der Waals surface area contributed by atoms with E-state index in [0.717, 1.165) is 22.3 Å². The van der Waals surface area contributed by atoms with E-state index in [-0.39, 0.29) is 22.4 Å². The maximum atomic E-state index is 12.2. The molecule has 0 aromatic heterocycles. The summed E-state index contributed by atoms with van der Waals surface area (Å²) in [6.07, 6.45) is 2.44. The molecule has 4 aromatic rings.